The molecule has 1 aromatic carbocycles. The monoisotopic (exact) mass is 210 g/mol. The molecule has 0 saturated heterocycles. The number of Topliss-reactive ketones (excluding diaryl/α,β-unsaturated/α-hetero) is 1. The van der Waals surface area contributed by atoms with Gasteiger partial charge >= 0.3 is 0 Å². The number of allylic oxidation sites excluding steroid dienone is 1. The van der Waals surface area contributed by atoms with Gasteiger partial charge in [0.25, 0.3) is 0 Å². The minimum absolute atomic E-state index is 0.142. The van der Waals surface area contributed by atoms with Gasteiger partial charge in [-0.3, -0.25) is 4.79 Å². The first kappa shape index (κ1) is 11.6. The van der Waals surface area contributed by atoms with Crippen LogP contribution in [0.25, 0.3) is 5.57 Å². The molecule has 0 bridgehead atoms. The molecule has 0 saturated carbocycles. The van der Waals surface area contributed by atoms with Crippen LogP contribution >= 0.6 is 0 Å². The lowest BCUT2D eigenvalue weighted by atomic mass is 9.96. The first-order chi connectivity index (χ1) is 6.91. The number of ketones is 1. The smallest absolute Gasteiger partial charge is 0.165 e. The Morgan fingerprint density at radius 1 is 1.20 bits per heavy atom. The average Bonchev–Trinajstić information content (AvgIpc) is 2.13. The van der Waals surface area contributed by atoms with E-state index in [-0.39, 0.29) is 22.8 Å². The minimum Gasteiger partial charge on any atom is -0.294 e. The second kappa shape index (κ2) is 4.34. The molecule has 80 valence electrons. The molecule has 1 nitrogen and oxygen atoms in total. The Morgan fingerprint density at radius 2 is 1.67 bits per heavy atom. The van der Waals surface area contributed by atoms with Crippen molar-refractivity contribution in [2.75, 3.05) is 0 Å². The molecule has 0 fully saturated rings. The number of benzene rings is 1. The van der Waals surface area contributed by atoms with Crippen molar-refractivity contribution in [3.05, 3.63) is 42.0 Å². The topological polar surface area (TPSA) is 17.1 Å². The molecule has 0 unspecified atom stereocenters. The van der Waals surface area contributed by atoms with Gasteiger partial charge in [0.05, 0.1) is 0 Å². The predicted octanol–water partition coefficient (Wildman–Crippen LogP) is 3.20. The summed E-state index contributed by atoms with van der Waals surface area (Å²) in [4.78, 5) is 11.5. The standard InChI is InChI=1S/C12H12F2O/c1-7(2)12(15)8(3)9-4-10(13)6-11(14)5-9/h4-7H,3H2,1-2H3. The zero-order valence-corrected chi connectivity index (χ0v) is 8.68. The maximum atomic E-state index is 12.9. The SMILES string of the molecule is C=C(C(=O)C(C)C)c1cc(F)cc(F)c1. The molecule has 0 aliphatic rings. The molecule has 15 heavy (non-hydrogen) atoms. The molecule has 0 radical (unpaired) electrons. The summed E-state index contributed by atoms with van der Waals surface area (Å²) >= 11 is 0. The summed E-state index contributed by atoms with van der Waals surface area (Å²) in [5, 5.41) is 0. The van der Waals surface area contributed by atoms with Crippen LogP contribution in [0.2, 0.25) is 0 Å². The first-order valence-electron chi connectivity index (χ1n) is 4.61. The van der Waals surface area contributed by atoms with Crippen LogP contribution in [0, 0.1) is 17.6 Å². The predicted molar refractivity (Wildman–Crippen MR) is 55.2 cm³/mol. The third kappa shape index (κ3) is 2.72. The van der Waals surface area contributed by atoms with Gasteiger partial charge < -0.3 is 0 Å². The van der Waals surface area contributed by atoms with E-state index < -0.39 is 11.6 Å². The van der Waals surface area contributed by atoms with Gasteiger partial charge in [-0.1, -0.05) is 20.4 Å². The lowest BCUT2D eigenvalue weighted by Gasteiger charge is -2.07. The van der Waals surface area contributed by atoms with Crippen molar-refractivity contribution in [3.63, 3.8) is 0 Å². The highest BCUT2D eigenvalue weighted by atomic mass is 19.1. The highest BCUT2D eigenvalue weighted by Crippen LogP contribution is 2.19. The van der Waals surface area contributed by atoms with E-state index in [9.17, 15) is 13.6 Å². The summed E-state index contributed by atoms with van der Waals surface area (Å²) in [6.45, 7) is 6.97. The van der Waals surface area contributed by atoms with E-state index in [1.54, 1.807) is 13.8 Å². The van der Waals surface area contributed by atoms with Gasteiger partial charge in [-0.2, -0.15) is 0 Å². The van der Waals surface area contributed by atoms with Crippen LogP contribution in [0.5, 0.6) is 0 Å². The fraction of sp³-hybridized carbons (Fsp3) is 0.250. The normalized spacial score (nSPS) is 10.5. The zero-order valence-electron chi connectivity index (χ0n) is 8.68. The Bertz CT molecular complexity index is 388. The number of carbonyl (C=O) groups excluding carboxylic acids is 1. The molecule has 0 atom stereocenters. The molecule has 0 aliphatic carbocycles. The van der Waals surface area contributed by atoms with Crippen LogP contribution in [0.4, 0.5) is 8.78 Å². The van der Waals surface area contributed by atoms with Crippen LogP contribution in [-0.4, -0.2) is 5.78 Å². The molecule has 0 spiro atoms. The van der Waals surface area contributed by atoms with Crippen LogP contribution < -0.4 is 0 Å². The van der Waals surface area contributed by atoms with Gasteiger partial charge in [0, 0.05) is 17.6 Å². The molecular formula is C12H12F2O. The Balaban J connectivity index is 3.06. The molecular weight excluding hydrogens is 198 g/mol. The van der Waals surface area contributed by atoms with Gasteiger partial charge in [0.2, 0.25) is 0 Å². The third-order valence-electron chi connectivity index (χ3n) is 2.03. The molecule has 1 rings (SSSR count). The maximum absolute atomic E-state index is 12.9. The summed E-state index contributed by atoms with van der Waals surface area (Å²) in [7, 11) is 0. The fourth-order valence-corrected chi connectivity index (χ4v) is 1.22. The van der Waals surface area contributed by atoms with Crippen molar-refractivity contribution in [3.8, 4) is 0 Å². The van der Waals surface area contributed by atoms with Crippen LogP contribution in [0.1, 0.15) is 19.4 Å². The van der Waals surface area contributed by atoms with Crippen LogP contribution in [0.15, 0.2) is 24.8 Å². The molecule has 0 aromatic heterocycles. The lowest BCUT2D eigenvalue weighted by Crippen LogP contribution is -2.08. The molecule has 0 N–H and O–H groups in total. The van der Waals surface area contributed by atoms with Gasteiger partial charge in [-0.05, 0) is 17.7 Å². The Hall–Kier alpha value is -1.51. The highest BCUT2D eigenvalue weighted by Gasteiger charge is 2.14. The van der Waals surface area contributed by atoms with E-state index in [0.717, 1.165) is 18.2 Å². The Kier molecular flexibility index (Phi) is 3.35. The van der Waals surface area contributed by atoms with Crippen LogP contribution in [0.3, 0.4) is 0 Å². The van der Waals surface area contributed by atoms with E-state index in [1.165, 1.54) is 0 Å². The second-order valence-electron chi connectivity index (χ2n) is 3.66. The molecule has 3 heteroatoms. The lowest BCUT2D eigenvalue weighted by molar-refractivity contribution is -0.116. The largest absolute Gasteiger partial charge is 0.294 e. The van der Waals surface area contributed by atoms with Crippen molar-refractivity contribution in [2.24, 2.45) is 5.92 Å². The highest BCUT2D eigenvalue weighted by molar-refractivity contribution is 6.20. The molecule has 0 aliphatic heterocycles. The van der Waals surface area contributed by atoms with Crippen molar-refractivity contribution in [1.82, 2.24) is 0 Å². The third-order valence-corrected chi connectivity index (χ3v) is 2.03. The minimum atomic E-state index is -0.706. The maximum Gasteiger partial charge on any atom is 0.165 e. The summed E-state index contributed by atoms with van der Waals surface area (Å²) in [6, 6.07) is 2.97. The van der Waals surface area contributed by atoms with Crippen molar-refractivity contribution in [1.29, 1.82) is 0 Å². The number of hydrogen-bond donors (Lipinski definition) is 0. The number of carbonyl (C=O) groups is 1. The summed E-state index contributed by atoms with van der Waals surface area (Å²) in [5.74, 6) is -1.85. The summed E-state index contributed by atoms with van der Waals surface area (Å²) in [5.41, 5.74) is 0.342. The van der Waals surface area contributed by atoms with E-state index in [4.69, 9.17) is 0 Å². The molecule has 0 amide bonds. The molecule has 0 heterocycles. The van der Waals surface area contributed by atoms with Gasteiger partial charge in [-0.25, -0.2) is 8.78 Å². The molecule has 1 aromatic rings. The number of halogens is 2. The van der Waals surface area contributed by atoms with E-state index in [0.29, 0.717) is 0 Å². The fourth-order valence-electron chi connectivity index (χ4n) is 1.22. The van der Waals surface area contributed by atoms with Gasteiger partial charge in [0.1, 0.15) is 11.6 Å². The number of hydrogen-bond acceptors (Lipinski definition) is 1. The van der Waals surface area contributed by atoms with Crippen molar-refractivity contribution >= 4 is 11.4 Å². The number of rotatable bonds is 3. The van der Waals surface area contributed by atoms with Gasteiger partial charge in [-0.15, -0.1) is 0 Å². The van der Waals surface area contributed by atoms with Crippen molar-refractivity contribution in [2.45, 2.75) is 13.8 Å². The second-order valence-corrected chi connectivity index (χ2v) is 3.66. The first-order valence-corrected chi connectivity index (χ1v) is 4.61. The average molecular weight is 210 g/mol. The van der Waals surface area contributed by atoms with Crippen molar-refractivity contribution < 1.29 is 13.6 Å². The zero-order chi connectivity index (χ0) is 11.6. The van der Waals surface area contributed by atoms with E-state index in [2.05, 4.69) is 6.58 Å². The summed E-state index contributed by atoms with van der Waals surface area (Å²) in [6.07, 6.45) is 0. The quantitative estimate of drug-likeness (QED) is 0.700. The van der Waals surface area contributed by atoms with Gasteiger partial charge in [0.15, 0.2) is 5.78 Å². The van der Waals surface area contributed by atoms with E-state index in [1.807, 2.05) is 0 Å². The van der Waals surface area contributed by atoms with Crippen LogP contribution in [-0.2, 0) is 4.79 Å². The van der Waals surface area contributed by atoms with E-state index >= 15 is 0 Å². The summed E-state index contributed by atoms with van der Waals surface area (Å²) < 4.78 is 25.7. The Morgan fingerprint density at radius 3 is 2.07 bits per heavy atom. The Labute approximate surface area is 87.4 Å².